The Hall–Kier alpha value is -3.27. The number of carbonyl (C=O) groups is 1. The van der Waals surface area contributed by atoms with Gasteiger partial charge in [-0.2, -0.15) is 4.98 Å². The van der Waals surface area contributed by atoms with Gasteiger partial charge in [-0.3, -0.25) is 9.69 Å². The highest BCUT2D eigenvalue weighted by molar-refractivity contribution is 5.96. The standard InChI is InChI=1S/C20H22N6O4/c1-25-10-21-19-17(25)20(27)26(11-22-19)8-16-23-18(24-30-16)13-7-15(29-9-13)12-3-5-14(28-2)6-4-12/h3-6,10-11,13,15,17,19H,7-9H2,1-2H3/t13-,15+,17?,19?/m0/s1. The minimum absolute atomic E-state index is 0.0199. The third kappa shape index (κ3) is 3.32. The molecule has 2 aromatic rings. The molecule has 156 valence electrons. The second-order valence-corrected chi connectivity index (χ2v) is 7.59. The minimum Gasteiger partial charge on any atom is -0.497 e. The van der Waals surface area contributed by atoms with Gasteiger partial charge in [-0.1, -0.05) is 17.3 Å². The number of benzene rings is 1. The predicted octanol–water partition coefficient (Wildman–Crippen LogP) is 1.36. The number of fused-ring (bicyclic) bond motifs is 1. The van der Waals surface area contributed by atoms with Crippen molar-refractivity contribution in [3.05, 3.63) is 41.5 Å². The van der Waals surface area contributed by atoms with Gasteiger partial charge in [-0.15, -0.1) is 0 Å². The van der Waals surface area contributed by atoms with Crippen molar-refractivity contribution in [3.8, 4) is 5.75 Å². The molecular weight excluding hydrogens is 388 g/mol. The van der Waals surface area contributed by atoms with Crippen molar-refractivity contribution in [2.45, 2.75) is 37.2 Å². The quantitative estimate of drug-likeness (QED) is 0.733. The zero-order valence-electron chi connectivity index (χ0n) is 16.7. The zero-order valence-corrected chi connectivity index (χ0v) is 16.7. The summed E-state index contributed by atoms with van der Waals surface area (Å²) in [4.78, 5) is 29.0. The van der Waals surface area contributed by atoms with Crippen LogP contribution in [-0.2, 0) is 16.1 Å². The first kappa shape index (κ1) is 18.7. The van der Waals surface area contributed by atoms with Crippen molar-refractivity contribution < 1.29 is 18.8 Å². The number of aromatic nitrogens is 2. The van der Waals surface area contributed by atoms with E-state index in [1.54, 1.807) is 18.3 Å². The summed E-state index contributed by atoms with van der Waals surface area (Å²) in [6.07, 6.45) is 3.51. The molecule has 1 aromatic carbocycles. The highest BCUT2D eigenvalue weighted by Crippen LogP contribution is 2.37. The number of nitrogens with zero attached hydrogens (tertiary/aromatic N) is 6. The molecule has 0 saturated carbocycles. The number of amides is 1. The smallest absolute Gasteiger partial charge is 0.255 e. The minimum atomic E-state index is -0.411. The van der Waals surface area contributed by atoms with E-state index in [0.29, 0.717) is 18.3 Å². The topological polar surface area (TPSA) is 106 Å². The van der Waals surface area contributed by atoms with Gasteiger partial charge in [0.15, 0.2) is 18.0 Å². The first-order valence-corrected chi connectivity index (χ1v) is 9.79. The Kier molecular flexibility index (Phi) is 4.70. The van der Waals surface area contributed by atoms with Crippen LogP contribution in [0.5, 0.6) is 5.75 Å². The molecular formula is C20H22N6O4. The molecule has 1 aromatic heterocycles. The highest BCUT2D eigenvalue weighted by atomic mass is 16.5. The number of ether oxygens (including phenoxy) is 2. The van der Waals surface area contributed by atoms with Crippen molar-refractivity contribution in [1.29, 1.82) is 0 Å². The van der Waals surface area contributed by atoms with Gasteiger partial charge in [-0.25, -0.2) is 9.98 Å². The number of aliphatic imine (C=N–C) groups is 2. The molecule has 3 aliphatic rings. The molecule has 1 fully saturated rings. The molecule has 10 nitrogen and oxygen atoms in total. The number of hydrogen-bond acceptors (Lipinski definition) is 9. The normalized spacial score (nSPS) is 27.7. The van der Waals surface area contributed by atoms with E-state index >= 15 is 0 Å². The fraction of sp³-hybridized carbons (Fsp3) is 0.450. The summed E-state index contributed by atoms with van der Waals surface area (Å²) < 4.78 is 16.6. The average Bonchev–Trinajstić information content (AvgIpc) is 3.50. The molecule has 1 amide bonds. The number of likely N-dealkylation sites (N-methyl/N-ethyl adjacent to an activating group) is 1. The van der Waals surface area contributed by atoms with E-state index < -0.39 is 6.04 Å². The molecule has 2 unspecified atom stereocenters. The molecule has 4 atom stereocenters. The lowest BCUT2D eigenvalue weighted by Gasteiger charge is -2.29. The summed E-state index contributed by atoms with van der Waals surface area (Å²) >= 11 is 0. The lowest BCUT2D eigenvalue weighted by molar-refractivity contribution is -0.132. The number of methoxy groups -OCH3 is 1. The summed E-state index contributed by atoms with van der Waals surface area (Å²) in [5.41, 5.74) is 1.09. The van der Waals surface area contributed by atoms with E-state index in [9.17, 15) is 4.79 Å². The third-order valence-electron chi connectivity index (χ3n) is 5.66. The number of rotatable bonds is 5. The van der Waals surface area contributed by atoms with Crippen molar-refractivity contribution in [1.82, 2.24) is 19.9 Å². The monoisotopic (exact) mass is 410 g/mol. The molecule has 1 saturated heterocycles. The number of hydrogen-bond donors (Lipinski definition) is 0. The van der Waals surface area contributed by atoms with E-state index in [0.717, 1.165) is 17.7 Å². The maximum absolute atomic E-state index is 12.7. The predicted molar refractivity (Wildman–Crippen MR) is 106 cm³/mol. The summed E-state index contributed by atoms with van der Waals surface area (Å²) in [7, 11) is 3.46. The van der Waals surface area contributed by atoms with Crippen LogP contribution in [0.2, 0.25) is 0 Å². The van der Waals surface area contributed by atoms with Gasteiger partial charge in [0, 0.05) is 13.0 Å². The Bertz CT molecular complexity index is 987. The summed E-state index contributed by atoms with van der Waals surface area (Å²) in [6, 6.07) is 7.45. The molecule has 30 heavy (non-hydrogen) atoms. The van der Waals surface area contributed by atoms with Gasteiger partial charge in [0.1, 0.15) is 12.3 Å². The van der Waals surface area contributed by atoms with Crippen LogP contribution in [-0.4, -0.2) is 71.5 Å². The molecule has 0 radical (unpaired) electrons. The second kappa shape index (κ2) is 7.52. The molecule has 0 bridgehead atoms. The lowest BCUT2D eigenvalue weighted by Crippen LogP contribution is -2.51. The van der Waals surface area contributed by atoms with Crippen LogP contribution < -0.4 is 4.74 Å². The van der Waals surface area contributed by atoms with Gasteiger partial charge in [0.05, 0.1) is 32.5 Å². The lowest BCUT2D eigenvalue weighted by atomic mass is 10.00. The van der Waals surface area contributed by atoms with Crippen molar-refractivity contribution >= 4 is 18.6 Å². The van der Waals surface area contributed by atoms with E-state index in [2.05, 4.69) is 20.1 Å². The van der Waals surface area contributed by atoms with Crippen LogP contribution in [0.15, 0.2) is 38.8 Å². The molecule has 3 aliphatic heterocycles. The largest absolute Gasteiger partial charge is 0.497 e. The van der Waals surface area contributed by atoms with E-state index in [1.807, 2.05) is 31.3 Å². The fourth-order valence-corrected chi connectivity index (χ4v) is 3.95. The highest BCUT2D eigenvalue weighted by Gasteiger charge is 2.40. The SMILES string of the molecule is COc1ccc([C@H]2C[C@H](c3noc(CN4C=NC5N=CN(C)C5C4=O)n3)CO2)cc1. The fourth-order valence-electron chi connectivity index (χ4n) is 3.95. The molecule has 10 heteroatoms. The van der Waals surface area contributed by atoms with Crippen LogP contribution >= 0.6 is 0 Å². The Morgan fingerprint density at radius 3 is 2.80 bits per heavy atom. The van der Waals surface area contributed by atoms with Gasteiger partial charge in [0.25, 0.3) is 5.91 Å². The van der Waals surface area contributed by atoms with Gasteiger partial charge >= 0.3 is 0 Å². The van der Waals surface area contributed by atoms with Crippen LogP contribution in [0.1, 0.15) is 35.7 Å². The molecule has 0 N–H and O–H groups in total. The average molecular weight is 410 g/mol. The van der Waals surface area contributed by atoms with Gasteiger partial charge < -0.3 is 18.9 Å². The van der Waals surface area contributed by atoms with E-state index in [1.165, 1.54) is 11.2 Å². The summed E-state index contributed by atoms with van der Waals surface area (Å²) in [5.74, 6) is 1.74. The van der Waals surface area contributed by atoms with Crippen LogP contribution in [0.4, 0.5) is 0 Å². The Morgan fingerprint density at radius 2 is 2.00 bits per heavy atom. The molecule has 4 heterocycles. The van der Waals surface area contributed by atoms with Crippen molar-refractivity contribution in [2.24, 2.45) is 9.98 Å². The van der Waals surface area contributed by atoms with Crippen LogP contribution in [0, 0.1) is 0 Å². The Labute approximate surface area is 173 Å². The summed E-state index contributed by atoms with van der Waals surface area (Å²) in [6.45, 7) is 0.702. The third-order valence-corrected chi connectivity index (χ3v) is 5.66. The maximum atomic E-state index is 12.7. The van der Waals surface area contributed by atoms with E-state index in [-0.39, 0.29) is 30.6 Å². The second-order valence-electron chi connectivity index (χ2n) is 7.59. The van der Waals surface area contributed by atoms with Crippen LogP contribution in [0.25, 0.3) is 0 Å². The first-order valence-electron chi connectivity index (χ1n) is 9.79. The van der Waals surface area contributed by atoms with Gasteiger partial charge in [-0.05, 0) is 24.1 Å². The molecule has 0 spiro atoms. The van der Waals surface area contributed by atoms with Crippen molar-refractivity contribution in [3.63, 3.8) is 0 Å². The maximum Gasteiger partial charge on any atom is 0.255 e. The molecule has 5 rings (SSSR count). The van der Waals surface area contributed by atoms with Crippen molar-refractivity contribution in [2.75, 3.05) is 20.8 Å². The van der Waals surface area contributed by atoms with Gasteiger partial charge in [0.2, 0.25) is 5.89 Å². The summed E-state index contributed by atoms with van der Waals surface area (Å²) in [5, 5.41) is 4.12. The number of carbonyl (C=O) groups excluding carboxylic acids is 1. The first-order chi connectivity index (χ1) is 14.6. The zero-order chi connectivity index (χ0) is 20.7. The Morgan fingerprint density at radius 1 is 1.20 bits per heavy atom. The Balaban J connectivity index is 1.23. The van der Waals surface area contributed by atoms with Crippen LogP contribution in [0.3, 0.4) is 0 Å². The molecule has 0 aliphatic carbocycles. The van der Waals surface area contributed by atoms with E-state index in [4.69, 9.17) is 14.0 Å².